The molecule has 14 heavy (non-hydrogen) atoms. The maximum absolute atomic E-state index is 11.3. The van der Waals surface area contributed by atoms with Gasteiger partial charge in [0, 0.05) is 0 Å². The van der Waals surface area contributed by atoms with Crippen molar-refractivity contribution in [1.29, 1.82) is 0 Å². The van der Waals surface area contributed by atoms with Crippen molar-refractivity contribution in [1.82, 2.24) is 0 Å². The first kappa shape index (κ1) is 11.5. The summed E-state index contributed by atoms with van der Waals surface area (Å²) >= 11 is 0. The van der Waals surface area contributed by atoms with Crippen molar-refractivity contribution in [3.63, 3.8) is 0 Å². The maximum atomic E-state index is 11.3. The Morgan fingerprint density at radius 2 is 2.07 bits per heavy atom. The summed E-state index contributed by atoms with van der Waals surface area (Å²) in [5.41, 5.74) is 0. The van der Waals surface area contributed by atoms with E-state index in [4.69, 9.17) is 4.74 Å². The predicted molar refractivity (Wildman–Crippen MR) is 53.8 cm³/mol. The number of hydrogen-bond donors (Lipinski definition) is 1. The van der Waals surface area contributed by atoms with Gasteiger partial charge < -0.3 is 9.84 Å². The molecule has 82 valence electrons. The normalized spacial score (nSPS) is 20.4. The first-order valence-corrected chi connectivity index (χ1v) is 5.60. The molecule has 0 heterocycles. The van der Waals surface area contributed by atoms with Crippen LogP contribution in [-0.4, -0.2) is 23.8 Å². The van der Waals surface area contributed by atoms with Gasteiger partial charge in [0.15, 0.2) is 6.10 Å². The van der Waals surface area contributed by atoms with E-state index in [0.717, 1.165) is 32.1 Å². The van der Waals surface area contributed by atoms with Crippen molar-refractivity contribution < 1.29 is 14.6 Å². The van der Waals surface area contributed by atoms with Crippen molar-refractivity contribution in [2.45, 2.75) is 51.6 Å². The minimum atomic E-state index is -0.887. The molecule has 0 aromatic heterocycles. The molecule has 0 saturated heterocycles. The Morgan fingerprint density at radius 3 is 2.64 bits per heavy atom. The summed E-state index contributed by atoms with van der Waals surface area (Å²) in [5.74, 6) is -0.299. The zero-order valence-corrected chi connectivity index (χ0v) is 8.87. The van der Waals surface area contributed by atoms with Crippen molar-refractivity contribution in [2.24, 2.45) is 5.92 Å². The lowest BCUT2D eigenvalue weighted by atomic mass is 9.85. The summed E-state index contributed by atoms with van der Waals surface area (Å²) in [4.78, 5) is 11.3. The van der Waals surface area contributed by atoms with Gasteiger partial charge in [0.25, 0.3) is 0 Å². The van der Waals surface area contributed by atoms with Crippen LogP contribution in [0.1, 0.15) is 45.4 Å². The van der Waals surface area contributed by atoms with E-state index in [2.05, 4.69) is 0 Å². The van der Waals surface area contributed by atoms with Crippen LogP contribution in [0.2, 0.25) is 0 Å². The largest absolute Gasteiger partial charge is 0.464 e. The van der Waals surface area contributed by atoms with Crippen LogP contribution in [0.25, 0.3) is 0 Å². The highest BCUT2D eigenvalue weighted by Crippen LogP contribution is 2.26. The minimum absolute atomic E-state index is 0.133. The van der Waals surface area contributed by atoms with Crippen LogP contribution in [0.4, 0.5) is 0 Å². The standard InChI is InChI=1S/C11H20O3/c1-2-8-14-11(13)10(12)9-6-4-3-5-7-9/h9-10,12H,2-8H2,1H3/t10-/m1/s1. The molecule has 1 aliphatic rings. The molecule has 0 amide bonds. The molecule has 1 rings (SSSR count). The van der Waals surface area contributed by atoms with Gasteiger partial charge in [0.1, 0.15) is 0 Å². The zero-order valence-electron chi connectivity index (χ0n) is 8.87. The number of aliphatic hydroxyl groups excluding tert-OH is 1. The third kappa shape index (κ3) is 3.29. The van der Waals surface area contributed by atoms with Crippen LogP contribution < -0.4 is 0 Å². The second-order valence-electron chi connectivity index (χ2n) is 4.01. The lowest BCUT2D eigenvalue weighted by Crippen LogP contribution is -2.32. The molecule has 0 radical (unpaired) electrons. The molecule has 0 bridgehead atoms. The van der Waals surface area contributed by atoms with Crippen molar-refractivity contribution in [3.05, 3.63) is 0 Å². The SMILES string of the molecule is CCCOC(=O)[C@H](O)C1CCCCC1. The van der Waals surface area contributed by atoms with Crippen molar-refractivity contribution >= 4 is 5.97 Å². The van der Waals surface area contributed by atoms with Gasteiger partial charge in [-0.3, -0.25) is 0 Å². The van der Waals surface area contributed by atoms with E-state index in [1.54, 1.807) is 0 Å². The number of aliphatic hydroxyl groups is 1. The number of hydrogen-bond acceptors (Lipinski definition) is 3. The first-order chi connectivity index (χ1) is 6.75. The number of carbonyl (C=O) groups is 1. The number of carbonyl (C=O) groups excluding carboxylic acids is 1. The molecule has 3 heteroatoms. The summed E-state index contributed by atoms with van der Waals surface area (Å²) < 4.78 is 4.92. The Bertz CT molecular complexity index is 173. The lowest BCUT2D eigenvalue weighted by Gasteiger charge is -2.25. The second kappa shape index (κ2) is 6.02. The summed E-state index contributed by atoms with van der Waals surface area (Å²) in [5, 5.41) is 9.69. The molecule has 1 atom stereocenters. The molecular weight excluding hydrogens is 180 g/mol. The van der Waals surface area contributed by atoms with Gasteiger partial charge in [0.05, 0.1) is 6.61 Å². The molecule has 1 aliphatic carbocycles. The Hall–Kier alpha value is -0.570. The molecule has 0 spiro atoms. The fourth-order valence-electron chi connectivity index (χ4n) is 1.93. The fraction of sp³-hybridized carbons (Fsp3) is 0.909. The van der Waals surface area contributed by atoms with Gasteiger partial charge >= 0.3 is 5.97 Å². The molecule has 1 N–H and O–H groups in total. The summed E-state index contributed by atoms with van der Waals surface area (Å²) in [6.07, 6.45) is 5.33. The highest BCUT2D eigenvalue weighted by atomic mass is 16.5. The Kier molecular flexibility index (Phi) is 4.94. The van der Waals surface area contributed by atoms with E-state index in [9.17, 15) is 9.90 Å². The number of esters is 1. The van der Waals surface area contributed by atoms with Gasteiger partial charge in [-0.05, 0) is 25.2 Å². The fourth-order valence-corrected chi connectivity index (χ4v) is 1.93. The van der Waals surface area contributed by atoms with Crippen LogP contribution in [0, 0.1) is 5.92 Å². The van der Waals surface area contributed by atoms with E-state index in [-0.39, 0.29) is 5.92 Å². The monoisotopic (exact) mass is 200 g/mol. The van der Waals surface area contributed by atoms with E-state index in [1.807, 2.05) is 6.92 Å². The van der Waals surface area contributed by atoms with E-state index in [1.165, 1.54) is 6.42 Å². The van der Waals surface area contributed by atoms with Gasteiger partial charge in [-0.1, -0.05) is 26.2 Å². The quantitative estimate of drug-likeness (QED) is 0.705. The molecule has 3 nitrogen and oxygen atoms in total. The zero-order chi connectivity index (χ0) is 10.4. The molecule has 1 fully saturated rings. The third-order valence-electron chi connectivity index (χ3n) is 2.79. The summed E-state index contributed by atoms with van der Waals surface area (Å²) in [6.45, 7) is 2.36. The van der Waals surface area contributed by atoms with Gasteiger partial charge in [0.2, 0.25) is 0 Å². The smallest absolute Gasteiger partial charge is 0.335 e. The molecular formula is C11H20O3. The summed E-state index contributed by atoms with van der Waals surface area (Å²) in [6, 6.07) is 0. The lowest BCUT2D eigenvalue weighted by molar-refractivity contribution is -0.157. The highest BCUT2D eigenvalue weighted by molar-refractivity contribution is 5.74. The first-order valence-electron chi connectivity index (χ1n) is 5.60. The van der Waals surface area contributed by atoms with Crippen LogP contribution in [0.5, 0.6) is 0 Å². The third-order valence-corrected chi connectivity index (χ3v) is 2.79. The van der Waals surface area contributed by atoms with Crippen LogP contribution >= 0.6 is 0 Å². The average molecular weight is 200 g/mol. The topological polar surface area (TPSA) is 46.5 Å². The number of ether oxygens (including phenoxy) is 1. The minimum Gasteiger partial charge on any atom is -0.464 e. The Morgan fingerprint density at radius 1 is 1.43 bits per heavy atom. The van der Waals surface area contributed by atoms with Crippen molar-refractivity contribution in [2.75, 3.05) is 6.61 Å². The average Bonchev–Trinajstić information content (AvgIpc) is 2.26. The van der Waals surface area contributed by atoms with Gasteiger partial charge in [-0.25, -0.2) is 4.79 Å². The van der Waals surface area contributed by atoms with E-state index < -0.39 is 12.1 Å². The van der Waals surface area contributed by atoms with Crippen LogP contribution in [-0.2, 0) is 9.53 Å². The Labute approximate surface area is 85.5 Å². The molecule has 0 aromatic carbocycles. The molecule has 0 unspecified atom stereocenters. The Balaban J connectivity index is 2.30. The highest BCUT2D eigenvalue weighted by Gasteiger charge is 2.28. The molecule has 0 aromatic rings. The second-order valence-corrected chi connectivity index (χ2v) is 4.01. The maximum Gasteiger partial charge on any atom is 0.335 e. The summed E-state index contributed by atoms with van der Waals surface area (Å²) in [7, 11) is 0. The van der Waals surface area contributed by atoms with Crippen molar-refractivity contribution in [3.8, 4) is 0 Å². The number of rotatable bonds is 4. The molecule has 0 aliphatic heterocycles. The molecule has 1 saturated carbocycles. The van der Waals surface area contributed by atoms with Gasteiger partial charge in [-0.15, -0.1) is 0 Å². The van der Waals surface area contributed by atoms with Crippen LogP contribution in [0.3, 0.4) is 0 Å². The van der Waals surface area contributed by atoms with E-state index in [0.29, 0.717) is 6.61 Å². The van der Waals surface area contributed by atoms with Gasteiger partial charge in [-0.2, -0.15) is 0 Å². The van der Waals surface area contributed by atoms with Crippen LogP contribution in [0.15, 0.2) is 0 Å². The van der Waals surface area contributed by atoms with E-state index >= 15 is 0 Å². The predicted octanol–water partition coefficient (Wildman–Crippen LogP) is 1.88.